The predicted molar refractivity (Wildman–Crippen MR) is 90.2 cm³/mol. The zero-order valence-electron chi connectivity index (χ0n) is 13.7. The lowest BCUT2D eigenvalue weighted by Crippen LogP contribution is -2.36. The van der Waals surface area contributed by atoms with Gasteiger partial charge < -0.3 is 20.1 Å². The maximum absolute atomic E-state index is 11.8. The van der Waals surface area contributed by atoms with Gasteiger partial charge in [0.25, 0.3) is 0 Å². The lowest BCUT2D eigenvalue weighted by atomic mass is 10.1. The smallest absolute Gasteiger partial charge is 0.407 e. The lowest BCUT2D eigenvalue weighted by Gasteiger charge is -2.12. The molecule has 0 aliphatic carbocycles. The highest BCUT2D eigenvalue weighted by molar-refractivity contribution is 5.67. The molecule has 2 rings (SSSR count). The Kier molecular flexibility index (Phi) is 7.63. The number of allylic oxidation sites excluding steroid dienone is 1. The van der Waals surface area contributed by atoms with Crippen LogP contribution in [0.5, 0.6) is 0 Å². The maximum atomic E-state index is 11.8. The molecule has 1 aromatic carbocycles. The summed E-state index contributed by atoms with van der Waals surface area (Å²) >= 11 is 0. The van der Waals surface area contributed by atoms with Gasteiger partial charge in [0.05, 0.1) is 0 Å². The summed E-state index contributed by atoms with van der Waals surface area (Å²) in [7, 11) is 1.72. The van der Waals surface area contributed by atoms with Gasteiger partial charge in [-0.2, -0.15) is 0 Å². The standard InChI is InChI=1S/C18H26N2O3/c1-22-11-7-3-6-10-16-12-17(13-19-16)20-18(21)23-14-15-8-4-2-5-9-15/h2,4-6,8-10,16-17,19H,3,7,11-14H2,1H3,(H,20,21)/t16-,17-/m1/s1. The second-order valence-electron chi connectivity index (χ2n) is 5.72. The summed E-state index contributed by atoms with van der Waals surface area (Å²) in [5.74, 6) is 0. The molecule has 0 spiro atoms. The summed E-state index contributed by atoms with van der Waals surface area (Å²) in [6.07, 6.45) is 6.93. The zero-order valence-corrected chi connectivity index (χ0v) is 13.7. The van der Waals surface area contributed by atoms with Crippen LogP contribution in [0.3, 0.4) is 0 Å². The fraction of sp³-hybridized carbons (Fsp3) is 0.500. The molecule has 2 atom stereocenters. The molecule has 1 amide bonds. The van der Waals surface area contributed by atoms with Crippen molar-refractivity contribution >= 4 is 6.09 Å². The van der Waals surface area contributed by atoms with E-state index in [9.17, 15) is 4.79 Å². The molecule has 0 unspecified atom stereocenters. The van der Waals surface area contributed by atoms with Crippen molar-refractivity contribution in [2.75, 3.05) is 20.3 Å². The van der Waals surface area contributed by atoms with Crippen LogP contribution in [0.25, 0.3) is 0 Å². The molecule has 2 N–H and O–H groups in total. The Morgan fingerprint density at radius 1 is 1.39 bits per heavy atom. The van der Waals surface area contributed by atoms with E-state index in [1.165, 1.54) is 0 Å². The molecule has 5 heteroatoms. The van der Waals surface area contributed by atoms with E-state index in [2.05, 4.69) is 22.8 Å². The van der Waals surface area contributed by atoms with Crippen molar-refractivity contribution in [2.45, 2.75) is 38.0 Å². The van der Waals surface area contributed by atoms with Gasteiger partial charge in [0.1, 0.15) is 6.61 Å². The maximum Gasteiger partial charge on any atom is 0.407 e. The minimum absolute atomic E-state index is 0.117. The van der Waals surface area contributed by atoms with Gasteiger partial charge in [-0.1, -0.05) is 42.5 Å². The predicted octanol–water partition coefficient (Wildman–Crippen LogP) is 2.63. The van der Waals surface area contributed by atoms with Crippen LogP contribution in [0.15, 0.2) is 42.5 Å². The first-order chi connectivity index (χ1) is 11.3. The van der Waals surface area contributed by atoms with Crippen molar-refractivity contribution < 1.29 is 14.3 Å². The van der Waals surface area contributed by atoms with Gasteiger partial charge in [0.15, 0.2) is 0 Å². The van der Waals surface area contributed by atoms with Gasteiger partial charge in [-0.25, -0.2) is 4.79 Å². The van der Waals surface area contributed by atoms with E-state index >= 15 is 0 Å². The lowest BCUT2D eigenvalue weighted by molar-refractivity contribution is 0.136. The highest BCUT2D eigenvalue weighted by atomic mass is 16.5. The number of carbonyl (C=O) groups is 1. The van der Waals surface area contributed by atoms with Crippen LogP contribution in [0.2, 0.25) is 0 Å². The monoisotopic (exact) mass is 318 g/mol. The number of methoxy groups -OCH3 is 1. The molecule has 0 aromatic heterocycles. The van der Waals surface area contributed by atoms with Crippen molar-refractivity contribution in [3.63, 3.8) is 0 Å². The van der Waals surface area contributed by atoms with Crippen molar-refractivity contribution in [3.05, 3.63) is 48.0 Å². The van der Waals surface area contributed by atoms with Crippen LogP contribution >= 0.6 is 0 Å². The van der Waals surface area contributed by atoms with Crippen molar-refractivity contribution in [1.29, 1.82) is 0 Å². The number of hydrogen-bond donors (Lipinski definition) is 2. The molecule has 23 heavy (non-hydrogen) atoms. The van der Waals surface area contributed by atoms with Crippen LogP contribution in [0, 0.1) is 0 Å². The molecule has 1 aromatic rings. The van der Waals surface area contributed by atoms with Gasteiger partial charge in [0, 0.05) is 32.3 Å². The first kappa shape index (κ1) is 17.5. The Bertz CT molecular complexity index is 490. The summed E-state index contributed by atoms with van der Waals surface area (Å²) in [6.45, 7) is 1.86. The molecular formula is C18H26N2O3. The van der Waals surface area contributed by atoms with Crippen LogP contribution in [0.4, 0.5) is 4.79 Å². The number of nitrogens with one attached hydrogen (secondary N) is 2. The summed E-state index contributed by atoms with van der Waals surface area (Å²) in [5.41, 5.74) is 0.990. The molecular weight excluding hydrogens is 292 g/mol. The van der Waals surface area contributed by atoms with E-state index in [1.807, 2.05) is 30.3 Å². The fourth-order valence-corrected chi connectivity index (χ4v) is 2.56. The van der Waals surface area contributed by atoms with Crippen LogP contribution in [0.1, 0.15) is 24.8 Å². The van der Waals surface area contributed by atoms with Crippen LogP contribution in [-0.2, 0) is 16.1 Å². The molecule has 1 saturated heterocycles. The number of hydrogen-bond acceptors (Lipinski definition) is 4. The molecule has 126 valence electrons. The van der Waals surface area contributed by atoms with E-state index in [4.69, 9.17) is 9.47 Å². The number of benzene rings is 1. The van der Waals surface area contributed by atoms with E-state index in [0.29, 0.717) is 12.6 Å². The molecule has 5 nitrogen and oxygen atoms in total. The average molecular weight is 318 g/mol. The Morgan fingerprint density at radius 2 is 2.22 bits per heavy atom. The largest absolute Gasteiger partial charge is 0.445 e. The van der Waals surface area contributed by atoms with Crippen molar-refractivity contribution in [2.24, 2.45) is 0 Å². The van der Waals surface area contributed by atoms with Gasteiger partial charge in [-0.15, -0.1) is 0 Å². The summed E-state index contributed by atoms with van der Waals surface area (Å²) in [4.78, 5) is 11.8. The number of ether oxygens (including phenoxy) is 2. The third kappa shape index (κ3) is 6.84. The SMILES string of the molecule is COCCCC=C[C@@H]1C[C@@H](NC(=O)OCc2ccccc2)CN1. The second kappa shape index (κ2) is 10.0. The molecule has 0 saturated carbocycles. The molecule has 0 bridgehead atoms. The third-order valence-corrected chi connectivity index (χ3v) is 3.79. The molecule has 1 heterocycles. The molecule has 1 fully saturated rings. The van der Waals surface area contributed by atoms with Gasteiger partial charge in [0.2, 0.25) is 0 Å². The normalized spacial score (nSPS) is 20.7. The van der Waals surface area contributed by atoms with Gasteiger partial charge in [-0.3, -0.25) is 0 Å². The highest BCUT2D eigenvalue weighted by Crippen LogP contribution is 2.09. The average Bonchev–Trinajstić information content (AvgIpc) is 3.01. The van der Waals surface area contributed by atoms with Crippen LogP contribution in [-0.4, -0.2) is 38.4 Å². The number of unbranched alkanes of at least 4 members (excludes halogenated alkanes) is 1. The topological polar surface area (TPSA) is 59.6 Å². The Morgan fingerprint density at radius 3 is 3.00 bits per heavy atom. The number of alkyl carbamates (subject to hydrolysis) is 1. The summed E-state index contributed by atoms with van der Waals surface area (Å²) in [6, 6.07) is 10.1. The number of rotatable bonds is 8. The number of carbonyl (C=O) groups excluding carboxylic acids is 1. The van der Waals surface area contributed by atoms with Crippen molar-refractivity contribution in [3.8, 4) is 0 Å². The van der Waals surface area contributed by atoms with Gasteiger partial charge >= 0.3 is 6.09 Å². The quantitative estimate of drug-likeness (QED) is 0.571. The summed E-state index contributed by atoms with van der Waals surface area (Å²) in [5, 5.41) is 6.30. The van der Waals surface area contributed by atoms with E-state index in [0.717, 1.165) is 38.0 Å². The van der Waals surface area contributed by atoms with Gasteiger partial charge in [-0.05, 0) is 24.8 Å². The Balaban J connectivity index is 1.62. The molecule has 1 aliphatic rings. The van der Waals surface area contributed by atoms with E-state index in [1.54, 1.807) is 7.11 Å². The van der Waals surface area contributed by atoms with E-state index in [-0.39, 0.29) is 12.1 Å². The summed E-state index contributed by atoms with van der Waals surface area (Å²) < 4.78 is 10.3. The Labute approximate surface area is 138 Å². The molecule has 0 radical (unpaired) electrons. The highest BCUT2D eigenvalue weighted by Gasteiger charge is 2.23. The fourth-order valence-electron chi connectivity index (χ4n) is 2.56. The molecule has 1 aliphatic heterocycles. The first-order valence-electron chi connectivity index (χ1n) is 8.14. The zero-order chi connectivity index (χ0) is 16.3. The van der Waals surface area contributed by atoms with E-state index < -0.39 is 0 Å². The van der Waals surface area contributed by atoms with Crippen LogP contribution < -0.4 is 10.6 Å². The first-order valence-corrected chi connectivity index (χ1v) is 8.14. The van der Waals surface area contributed by atoms with Crippen molar-refractivity contribution in [1.82, 2.24) is 10.6 Å². The Hall–Kier alpha value is -1.85. The third-order valence-electron chi connectivity index (χ3n) is 3.79. The minimum Gasteiger partial charge on any atom is -0.445 e. The number of amides is 1. The second-order valence-corrected chi connectivity index (χ2v) is 5.72. The minimum atomic E-state index is -0.356.